The van der Waals surface area contributed by atoms with Gasteiger partial charge in [0.15, 0.2) is 0 Å². The molecule has 0 fully saturated rings. The number of hydrogen-bond acceptors (Lipinski definition) is 3. The molecule has 2 rings (SSSR count). The van der Waals surface area contributed by atoms with Crippen LogP contribution < -0.4 is 4.74 Å². The van der Waals surface area contributed by atoms with E-state index in [0.29, 0.717) is 5.75 Å². The molecule has 2 aromatic rings. The molecule has 0 atom stereocenters. The van der Waals surface area contributed by atoms with Crippen molar-refractivity contribution in [3.63, 3.8) is 0 Å². The van der Waals surface area contributed by atoms with Gasteiger partial charge in [-0.25, -0.2) is 8.42 Å². The number of rotatable bonds is 3. The Morgan fingerprint density at radius 1 is 1.00 bits per heavy atom. The standard InChI is InChI=1S/C15H15ClO3S/c1-10-8-11(2)12(3)15(9-10)19-13-4-6-14(7-5-13)20(16,17)18/h4-9H,1-3H3. The van der Waals surface area contributed by atoms with Crippen LogP contribution in [0.3, 0.4) is 0 Å². The van der Waals surface area contributed by atoms with E-state index >= 15 is 0 Å². The van der Waals surface area contributed by atoms with Gasteiger partial charge in [-0.05, 0) is 67.8 Å². The minimum absolute atomic E-state index is 0.0589. The van der Waals surface area contributed by atoms with Gasteiger partial charge in [-0.15, -0.1) is 0 Å². The highest BCUT2D eigenvalue weighted by Crippen LogP contribution is 2.29. The Kier molecular flexibility index (Phi) is 4.06. The van der Waals surface area contributed by atoms with E-state index in [1.165, 1.54) is 12.1 Å². The molecule has 0 aromatic heterocycles. The Bertz CT molecular complexity index is 734. The molecule has 0 heterocycles. The molecule has 2 aromatic carbocycles. The van der Waals surface area contributed by atoms with Crippen LogP contribution in [0.2, 0.25) is 0 Å². The smallest absolute Gasteiger partial charge is 0.261 e. The third-order valence-electron chi connectivity index (χ3n) is 3.10. The third-order valence-corrected chi connectivity index (χ3v) is 4.47. The number of benzene rings is 2. The molecule has 0 radical (unpaired) electrons. The topological polar surface area (TPSA) is 43.4 Å². The van der Waals surface area contributed by atoms with E-state index in [0.717, 1.165) is 22.4 Å². The lowest BCUT2D eigenvalue weighted by Crippen LogP contribution is -1.93. The van der Waals surface area contributed by atoms with Crippen LogP contribution in [0.25, 0.3) is 0 Å². The van der Waals surface area contributed by atoms with Gasteiger partial charge in [-0.3, -0.25) is 0 Å². The van der Waals surface area contributed by atoms with Gasteiger partial charge in [0.1, 0.15) is 11.5 Å². The molecule has 0 N–H and O–H groups in total. The number of halogens is 1. The quantitative estimate of drug-likeness (QED) is 0.792. The highest BCUT2D eigenvalue weighted by Gasteiger charge is 2.10. The van der Waals surface area contributed by atoms with Gasteiger partial charge < -0.3 is 4.74 Å². The summed E-state index contributed by atoms with van der Waals surface area (Å²) >= 11 is 0. The average Bonchev–Trinajstić information content (AvgIpc) is 2.35. The van der Waals surface area contributed by atoms with E-state index in [9.17, 15) is 8.42 Å². The van der Waals surface area contributed by atoms with Crippen molar-refractivity contribution in [3.05, 3.63) is 53.1 Å². The number of aryl methyl sites for hydroxylation is 2. The molecule has 5 heteroatoms. The highest BCUT2D eigenvalue weighted by molar-refractivity contribution is 8.13. The first-order valence-electron chi connectivity index (χ1n) is 6.08. The fourth-order valence-corrected chi connectivity index (χ4v) is 2.67. The fraction of sp³-hybridized carbons (Fsp3) is 0.200. The third kappa shape index (κ3) is 3.32. The predicted octanol–water partition coefficient (Wildman–Crippen LogP) is 4.33. The van der Waals surface area contributed by atoms with Crippen LogP contribution in [0.4, 0.5) is 0 Å². The van der Waals surface area contributed by atoms with Crippen molar-refractivity contribution >= 4 is 19.7 Å². The fourth-order valence-electron chi connectivity index (χ4n) is 1.90. The predicted molar refractivity (Wildman–Crippen MR) is 80.2 cm³/mol. The summed E-state index contributed by atoms with van der Waals surface area (Å²) < 4.78 is 28.1. The van der Waals surface area contributed by atoms with Crippen molar-refractivity contribution < 1.29 is 13.2 Å². The summed E-state index contributed by atoms with van der Waals surface area (Å²) in [5.41, 5.74) is 3.33. The van der Waals surface area contributed by atoms with Crippen molar-refractivity contribution in [2.24, 2.45) is 0 Å². The summed E-state index contributed by atoms with van der Waals surface area (Å²) in [7, 11) is 1.57. The summed E-state index contributed by atoms with van der Waals surface area (Å²) in [5.74, 6) is 1.34. The van der Waals surface area contributed by atoms with Gasteiger partial charge in [0.25, 0.3) is 9.05 Å². The van der Waals surface area contributed by atoms with Crippen LogP contribution in [0.1, 0.15) is 16.7 Å². The summed E-state index contributed by atoms with van der Waals surface area (Å²) in [6.07, 6.45) is 0. The van der Waals surface area contributed by atoms with E-state index in [4.69, 9.17) is 15.4 Å². The van der Waals surface area contributed by atoms with Crippen molar-refractivity contribution in [2.75, 3.05) is 0 Å². The zero-order chi connectivity index (χ0) is 14.9. The van der Waals surface area contributed by atoms with Crippen LogP contribution in [0, 0.1) is 20.8 Å². The van der Waals surface area contributed by atoms with Crippen molar-refractivity contribution in [1.82, 2.24) is 0 Å². The van der Waals surface area contributed by atoms with Crippen molar-refractivity contribution in [3.8, 4) is 11.5 Å². The zero-order valence-corrected chi connectivity index (χ0v) is 13.0. The number of hydrogen-bond donors (Lipinski definition) is 0. The normalized spacial score (nSPS) is 11.4. The molecular weight excluding hydrogens is 296 g/mol. The maximum Gasteiger partial charge on any atom is 0.261 e. The first kappa shape index (κ1) is 14.9. The Morgan fingerprint density at radius 3 is 2.15 bits per heavy atom. The lowest BCUT2D eigenvalue weighted by molar-refractivity contribution is 0.477. The van der Waals surface area contributed by atoms with Gasteiger partial charge in [-0.1, -0.05) is 6.07 Å². The average molecular weight is 311 g/mol. The van der Waals surface area contributed by atoms with E-state index in [1.54, 1.807) is 12.1 Å². The second-order valence-corrected chi connectivity index (χ2v) is 7.28. The Morgan fingerprint density at radius 2 is 1.60 bits per heavy atom. The Labute approximate surface area is 123 Å². The lowest BCUT2D eigenvalue weighted by atomic mass is 10.1. The minimum atomic E-state index is -3.70. The molecule has 3 nitrogen and oxygen atoms in total. The molecule has 0 spiro atoms. The molecule has 20 heavy (non-hydrogen) atoms. The molecule has 106 valence electrons. The van der Waals surface area contributed by atoms with Crippen LogP contribution in [-0.2, 0) is 9.05 Å². The second-order valence-electron chi connectivity index (χ2n) is 4.72. The first-order valence-corrected chi connectivity index (χ1v) is 8.39. The molecule has 0 saturated heterocycles. The SMILES string of the molecule is Cc1cc(C)c(C)c(Oc2ccc(S(=O)(=O)Cl)cc2)c1. The molecule has 0 aliphatic carbocycles. The molecule has 0 aliphatic rings. The summed E-state index contributed by atoms with van der Waals surface area (Å²) in [6.45, 7) is 6.02. The first-order chi connectivity index (χ1) is 9.27. The minimum Gasteiger partial charge on any atom is -0.457 e. The van der Waals surface area contributed by atoms with E-state index in [-0.39, 0.29) is 4.90 Å². The zero-order valence-electron chi connectivity index (χ0n) is 11.5. The monoisotopic (exact) mass is 310 g/mol. The van der Waals surface area contributed by atoms with Crippen molar-refractivity contribution in [1.29, 1.82) is 0 Å². The van der Waals surface area contributed by atoms with Crippen LogP contribution in [-0.4, -0.2) is 8.42 Å². The Balaban J connectivity index is 2.32. The van der Waals surface area contributed by atoms with E-state index in [2.05, 4.69) is 6.07 Å². The molecule has 0 unspecified atom stereocenters. The van der Waals surface area contributed by atoms with Crippen LogP contribution in [0.5, 0.6) is 11.5 Å². The Hall–Kier alpha value is -1.52. The van der Waals surface area contributed by atoms with Gasteiger partial charge in [-0.2, -0.15) is 0 Å². The molecular formula is C15H15ClO3S. The molecule has 0 amide bonds. The number of ether oxygens (including phenoxy) is 1. The van der Waals surface area contributed by atoms with Crippen molar-refractivity contribution in [2.45, 2.75) is 25.7 Å². The summed E-state index contributed by atoms with van der Waals surface area (Å²) in [4.78, 5) is 0.0589. The van der Waals surface area contributed by atoms with Gasteiger partial charge in [0.2, 0.25) is 0 Å². The molecule has 0 bridgehead atoms. The van der Waals surface area contributed by atoms with Crippen LogP contribution in [0.15, 0.2) is 41.3 Å². The van der Waals surface area contributed by atoms with E-state index < -0.39 is 9.05 Å². The highest BCUT2D eigenvalue weighted by atomic mass is 35.7. The molecule has 0 aliphatic heterocycles. The van der Waals surface area contributed by atoms with Crippen LogP contribution >= 0.6 is 10.7 Å². The second kappa shape index (κ2) is 5.46. The van der Waals surface area contributed by atoms with E-state index in [1.807, 2.05) is 26.8 Å². The van der Waals surface area contributed by atoms with Gasteiger partial charge in [0.05, 0.1) is 4.90 Å². The largest absolute Gasteiger partial charge is 0.457 e. The lowest BCUT2D eigenvalue weighted by Gasteiger charge is -2.12. The summed E-state index contributed by atoms with van der Waals surface area (Å²) in [6, 6.07) is 10.1. The van der Waals surface area contributed by atoms with Gasteiger partial charge >= 0.3 is 0 Å². The maximum atomic E-state index is 11.2. The maximum absolute atomic E-state index is 11.2. The molecule has 0 saturated carbocycles. The summed E-state index contributed by atoms with van der Waals surface area (Å²) in [5, 5.41) is 0. The van der Waals surface area contributed by atoms with Gasteiger partial charge in [0, 0.05) is 10.7 Å².